The van der Waals surface area contributed by atoms with Crippen LogP contribution in [0.3, 0.4) is 0 Å². The van der Waals surface area contributed by atoms with Gasteiger partial charge in [0.05, 0.1) is 21.9 Å². The van der Waals surface area contributed by atoms with Gasteiger partial charge in [-0.1, -0.05) is 54.1 Å². The van der Waals surface area contributed by atoms with Crippen molar-refractivity contribution in [2.24, 2.45) is 5.10 Å². The SMILES string of the molecule is C=CCOc1ccccc1C=NNC(=O)CC(=O)Nc1cccc(Cl)c1Cl. The number of hydrazone groups is 1. The van der Waals surface area contributed by atoms with Crippen LogP contribution in [0, 0.1) is 0 Å². The number of amides is 2. The fourth-order valence-electron chi connectivity index (χ4n) is 2.02. The summed E-state index contributed by atoms with van der Waals surface area (Å²) in [7, 11) is 0. The first kappa shape index (κ1) is 20.5. The van der Waals surface area contributed by atoms with E-state index < -0.39 is 18.2 Å². The molecule has 6 nitrogen and oxygen atoms in total. The lowest BCUT2D eigenvalue weighted by atomic mass is 10.2. The van der Waals surface area contributed by atoms with Crippen LogP contribution in [0.4, 0.5) is 5.69 Å². The molecule has 0 unspecified atom stereocenters. The lowest BCUT2D eigenvalue weighted by Gasteiger charge is -2.08. The van der Waals surface area contributed by atoms with E-state index in [9.17, 15) is 9.59 Å². The number of nitrogens with zero attached hydrogens (tertiary/aromatic N) is 1. The second kappa shape index (κ2) is 10.4. The van der Waals surface area contributed by atoms with E-state index in [1.54, 1.807) is 36.4 Å². The summed E-state index contributed by atoms with van der Waals surface area (Å²) in [5, 5.41) is 6.89. The highest BCUT2D eigenvalue weighted by molar-refractivity contribution is 6.44. The van der Waals surface area contributed by atoms with E-state index in [2.05, 4.69) is 22.4 Å². The van der Waals surface area contributed by atoms with Crippen molar-refractivity contribution in [2.45, 2.75) is 6.42 Å². The number of hydrogen-bond donors (Lipinski definition) is 2. The number of hydrogen-bond acceptors (Lipinski definition) is 4. The first-order valence-corrected chi connectivity index (χ1v) is 8.65. The second-order valence-electron chi connectivity index (χ2n) is 5.26. The molecule has 140 valence electrons. The lowest BCUT2D eigenvalue weighted by molar-refractivity contribution is -0.126. The molecule has 2 N–H and O–H groups in total. The van der Waals surface area contributed by atoms with Crippen molar-refractivity contribution >= 4 is 46.9 Å². The number of halogens is 2. The van der Waals surface area contributed by atoms with Crippen LogP contribution in [0.1, 0.15) is 12.0 Å². The molecule has 27 heavy (non-hydrogen) atoms. The Morgan fingerprint density at radius 2 is 1.89 bits per heavy atom. The number of benzene rings is 2. The van der Waals surface area contributed by atoms with Gasteiger partial charge in [0, 0.05) is 5.56 Å². The van der Waals surface area contributed by atoms with Crippen LogP contribution in [0.15, 0.2) is 60.2 Å². The lowest BCUT2D eigenvalue weighted by Crippen LogP contribution is -2.24. The topological polar surface area (TPSA) is 79.8 Å². The summed E-state index contributed by atoms with van der Waals surface area (Å²) in [4.78, 5) is 23.8. The molecular weight excluding hydrogens is 389 g/mol. The van der Waals surface area contributed by atoms with Gasteiger partial charge in [-0.2, -0.15) is 5.10 Å². The average molecular weight is 406 g/mol. The third-order valence-electron chi connectivity index (χ3n) is 3.22. The van der Waals surface area contributed by atoms with Crippen molar-refractivity contribution in [1.82, 2.24) is 5.43 Å². The fraction of sp³-hybridized carbons (Fsp3) is 0.105. The molecule has 2 amide bonds. The monoisotopic (exact) mass is 405 g/mol. The van der Waals surface area contributed by atoms with Gasteiger partial charge in [-0.25, -0.2) is 5.43 Å². The second-order valence-corrected chi connectivity index (χ2v) is 6.04. The maximum Gasteiger partial charge on any atom is 0.249 e. The van der Waals surface area contributed by atoms with E-state index in [0.29, 0.717) is 28.6 Å². The first-order valence-electron chi connectivity index (χ1n) is 7.89. The van der Waals surface area contributed by atoms with Crippen molar-refractivity contribution in [3.05, 3.63) is 70.7 Å². The highest BCUT2D eigenvalue weighted by Gasteiger charge is 2.12. The average Bonchev–Trinajstić information content (AvgIpc) is 2.64. The summed E-state index contributed by atoms with van der Waals surface area (Å²) >= 11 is 11.9. The third kappa shape index (κ3) is 6.44. The third-order valence-corrected chi connectivity index (χ3v) is 4.03. The normalized spacial score (nSPS) is 10.4. The van der Waals surface area contributed by atoms with Gasteiger partial charge in [-0.15, -0.1) is 0 Å². The Morgan fingerprint density at radius 1 is 1.11 bits per heavy atom. The molecule has 8 heteroatoms. The van der Waals surface area contributed by atoms with Gasteiger partial charge in [0.2, 0.25) is 11.8 Å². The quantitative estimate of drug-likeness (QED) is 0.301. The molecule has 2 aromatic carbocycles. The van der Waals surface area contributed by atoms with Gasteiger partial charge in [0.25, 0.3) is 0 Å². The number of carbonyl (C=O) groups is 2. The van der Waals surface area contributed by atoms with Gasteiger partial charge >= 0.3 is 0 Å². The van der Waals surface area contributed by atoms with Crippen LogP contribution in [0.2, 0.25) is 10.0 Å². The number of rotatable bonds is 8. The minimum Gasteiger partial charge on any atom is -0.489 e. The Hall–Kier alpha value is -2.83. The molecule has 0 radical (unpaired) electrons. The first-order chi connectivity index (χ1) is 13.0. The molecule has 0 atom stereocenters. The van der Waals surface area contributed by atoms with Gasteiger partial charge < -0.3 is 10.1 Å². The molecule has 0 aliphatic carbocycles. The van der Waals surface area contributed by atoms with Crippen LogP contribution < -0.4 is 15.5 Å². The molecule has 2 rings (SSSR count). The molecule has 0 aromatic heterocycles. The molecule has 0 saturated carbocycles. The molecule has 0 aliphatic rings. The van der Waals surface area contributed by atoms with Crippen LogP contribution in [-0.2, 0) is 9.59 Å². The number of para-hydroxylation sites is 1. The van der Waals surface area contributed by atoms with Gasteiger partial charge in [0.1, 0.15) is 18.8 Å². The van der Waals surface area contributed by atoms with Crippen LogP contribution >= 0.6 is 23.2 Å². The standard InChI is InChI=1S/C19H17Cl2N3O3/c1-2-10-27-16-9-4-3-6-13(16)12-22-24-18(26)11-17(25)23-15-8-5-7-14(20)19(15)21/h2-9,12H,1,10-11H2,(H,23,25)(H,24,26). The van der Waals surface area contributed by atoms with E-state index in [0.717, 1.165) is 0 Å². The van der Waals surface area contributed by atoms with Crippen molar-refractivity contribution in [3.8, 4) is 5.75 Å². The highest BCUT2D eigenvalue weighted by Crippen LogP contribution is 2.29. The Balaban J connectivity index is 1.89. The van der Waals surface area contributed by atoms with Crippen molar-refractivity contribution in [3.63, 3.8) is 0 Å². The van der Waals surface area contributed by atoms with Gasteiger partial charge in [-0.05, 0) is 24.3 Å². The molecule has 0 saturated heterocycles. The summed E-state index contributed by atoms with van der Waals surface area (Å²) in [6.45, 7) is 3.94. The Morgan fingerprint density at radius 3 is 2.67 bits per heavy atom. The van der Waals surface area contributed by atoms with Gasteiger partial charge in [-0.3, -0.25) is 9.59 Å². The van der Waals surface area contributed by atoms with E-state index in [1.807, 2.05) is 12.1 Å². The predicted molar refractivity (Wildman–Crippen MR) is 108 cm³/mol. The van der Waals surface area contributed by atoms with Crippen molar-refractivity contribution < 1.29 is 14.3 Å². The molecule has 0 heterocycles. The van der Waals surface area contributed by atoms with E-state index in [1.165, 1.54) is 6.21 Å². The van der Waals surface area contributed by atoms with E-state index in [-0.39, 0.29) is 5.02 Å². The summed E-state index contributed by atoms with van der Waals surface area (Å²) in [6, 6.07) is 12.0. The zero-order valence-electron chi connectivity index (χ0n) is 14.2. The molecule has 0 spiro atoms. The van der Waals surface area contributed by atoms with Crippen molar-refractivity contribution in [2.75, 3.05) is 11.9 Å². The van der Waals surface area contributed by atoms with Crippen LogP contribution in [0.5, 0.6) is 5.75 Å². The van der Waals surface area contributed by atoms with Gasteiger partial charge in [0.15, 0.2) is 0 Å². The zero-order valence-corrected chi connectivity index (χ0v) is 15.8. The van der Waals surface area contributed by atoms with Crippen LogP contribution in [0.25, 0.3) is 0 Å². The fourth-order valence-corrected chi connectivity index (χ4v) is 2.37. The largest absolute Gasteiger partial charge is 0.489 e. The van der Waals surface area contributed by atoms with Crippen LogP contribution in [-0.4, -0.2) is 24.6 Å². The number of carbonyl (C=O) groups excluding carboxylic acids is 2. The highest BCUT2D eigenvalue weighted by atomic mass is 35.5. The molecule has 0 fully saturated rings. The maximum absolute atomic E-state index is 11.9. The smallest absolute Gasteiger partial charge is 0.249 e. The number of anilines is 1. The molecule has 2 aromatic rings. The Bertz CT molecular complexity index is 869. The zero-order chi connectivity index (χ0) is 19.6. The molecule has 0 bridgehead atoms. The minimum absolute atomic E-state index is 0.210. The van der Waals surface area contributed by atoms with E-state index in [4.69, 9.17) is 27.9 Å². The Labute approximate surface area is 166 Å². The molecule has 0 aliphatic heterocycles. The number of nitrogens with one attached hydrogen (secondary N) is 2. The Kier molecular flexibility index (Phi) is 7.85. The summed E-state index contributed by atoms with van der Waals surface area (Å²) in [5.74, 6) is -0.517. The summed E-state index contributed by atoms with van der Waals surface area (Å²) < 4.78 is 5.49. The summed E-state index contributed by atoms with van der Waals surface area (Å²) in [6.07, 6.45) is 2.64. The van der Waals surface area contributed by atoms with Crippen molar-refractivity contribution in [1.29, 1.82) is 0 Å². The van der Waals surface area contributed by atoms with E-state index >= 15 is 0 Å². The summed E-state index contributed by atoms with van der Waals surface area (Å²) in [5.41, 5.74) is 3.30. The predicted octanol–water partition coefficient (Wildman–Crippen LogP) is 4.04. The minimum atomic E-state index is -0.577. The molecular formula is C19H17Cl2N3O3. The maximum atomic E-state index is 11.9. The number of ether oxygens (including phenoxy) is 1.